The van der Waals surface area contributed by atoms with Gasteiger partial charge in [-0.25, -0.2) is 22.5 Å². The van der Waals surface area contributed by atoms with Crippen LogP contribution in [0.25, 0.3) is 16.6 Å². The molecule has 0 atom stereocenters. The molecule has 0 amide bonds. The van der Waals surface area contributed by atoms with Gasteiger partial charge in [0.2, 0.25) is 10.0 Å². The van der Waals surface area contributed by atoms with Crippen molar-refractivity contribution in [3.63, 3.8) is 0 Å². The number of ether oxygens (including phenoxy) is 1. The Hall–Kier alpha value is -2.62. The number of nitrogens with one attached hydrogen (secondary N) is 1. The van der Waals surface area contributed by atoms with Gasteiger partial charge in [-0.05, 0) is 36.4 Å². The van der Waals surface area contributed by atoms with Crippen LogP contribution in [0.5, 0.6) is 0 Å². The summed E-state index contributed by atoms with van der Waals surface area (Å²) in [6.07, 6.45) is 0. The zero-order valence-electron chi connectivity index (χ0n) is 14.6. The summed E-state index contributed by atoms with van der Waals surface area (Å²) in [6, 6.07) is 12.1. The molecule has 3 aromatic rings. The lowest BCUT2D eigenvalue weighted by atomic mass is 10.2. The molecule has 9 heteroatoms. The Bertz CT molecular complexity index is 1110. The lowest BCUT2D eigenvalue weighted by molar-refractivity contribution is 0.217. The van der Waals surface area contributed by atoms with E-state index in [1.165, 1.54) is 35.9 Å². The monoisotopic (exact) mass is 391 g/mol. The molecule has 0 aliphatic carbocycles. The number of hydrogen-bond donors (Lipinski definition) is 1. The lowest BCUT2D eigenvalue weighted by Crippen LogP contribution is -2.32. The van der Waals surface area contributed by atoms with Crippen LogP contribution in [-0.2, 0) is 21.3 Å². The molecule has 27 heavy (non-hydrogen) atoms. The lowest BCUT2D eigenvalue weighted by Gasteiger charge is -2.14. The third-order valence-corrected chi connectivity index (χ3v) is 5.22. The van der Waals surface area contributed by atoms with Gasteiger partial charge in [0.25, 0.3) is 5.56 Å². The number of benzene rings is 2. The van der Waals surface area contributed by atoms with E-state index in [4.69, 9.17) is 4.74 Å². The first kappa shape index (κ1) is 19.2. The van der Waals surface area contributed by atoms with Crippen LogP contribution in [0.15, 0.2) is 53.3 Å². The minimum Gasteiger partial charge on any atom is -0.384 e. The number of hydrogen-bond acceptors (Lipinski definition) is 5. The summed E-state index contributed by atoms with van der Waals surface area (Å²) in [7, 11) is -2.19. The Balaban J connectivity index is 2.08. The second kappa shape index (κ2) is 7.95. The number of aromatic nitrogens is 2. The second-order valence-corrected chi connectivity index (χ2v) is 7.72. The Morgan fingerprint density at radius 3 is 2.56 bits per heavy atom. The van der Waals surface area contributed by atoms with E-state index < -0.39 is 15.8 Å². The van der Waals surface area contributed by atoms with Gasteiger partial charge in [0.15, 0.2) is 0 Å². The molecule has 0 radical (unpaired) electrons. The largest absolute Gasteiger partial charge is 0.384 e. The average Bonchev–Trinajstić information content (AvgIpc) is 2.66. The van der Waals surface area contributed by atoms with Crippen LogP contribution in [0.4, 0.5) is 4.39 Å². The van der Waals surface area contributed by atoms with Crippen LogP contribution in [0, 0.1) is 5.82 Å². The van der Waals surface area contributed by atoms with E-state index in [2.05, 4.69) is 9.71 Å². The summed E-state index contributed by atoms with van der Waals surface area (Å²) >= 11 is 0. The molecule has 0 aliphatic heterocycles. The van der Waals surface area contributed by atoms with Gasteiger partial charge >= 0.3 is 0 Å². The van der Waals surface area contributed by atoms with Gasteiger partial charge in [0.1, 0.15) is 11.6 Å². The number of rotatable bonds is 7. The summed E-state index contributed by atoms with van der Waals surface area (Å²) in [6.45, 7) is -0.144. The van der Waals surface area contributed by atoms with Gasteiger partial charge in [0, 0.05) is 7.11 Å². The Kier molecular flexibility index (Phi) is 5.64. The third-order valence-electron chi connectivity index (χ3n) is 3.94. The molecule has 7 nitrogen and oxygen atoms in total. The molecule has 2 aromatic carbocycles. The van der Waals surface area contributed by atoms with Gasteiger partial charge in [-0.3, -0.25) is 9.36 Å². The van der Waals surface area contributed by atoms with Crippen LogP contribution in [0.2, 0.25) is 0 Å². The highest BCUT2D eigenvalue weighted by Gasteiger charge is 2.16. The number of methoxy groups -OCH3 is 1. The predicted molar refractivity (Wildman–Crippen MR) is 99.8 cm³/mol. The maximum absolute atomic E-state index is 13.3. The van der Waals surface area contributed by atoms with E-state index in [1.807, 2.05) is 0 Å². The van der Waals surface area contributed by atoms with E-state index in [-0.39, 0.29) is 30.3 Å². The Morgan fingerprint density at radius 1 is 1.15 bits per heavy atom. The average molecular weight is 391 g/mol. The van der Waals surface area contributed by atoms with Crippen molar-refractivity contribution in [1.82, 2.24) is 14.3 Å². The first-order valence-electron chi connectivity index (χ1n) is 8.14. The first-order valence-corrected chi connectivity index (χ1v) is 9.79. The van der Waals surface area contributed by atoms with E-state index in [9.17, 15) is 17.6 Å². The molecule has 1 N–H and O–H groups in total. The van der Waals surface area contributed by atoms with Crippen LogP contribution < -0.4 is 10.3 Å². The van der Waals surface area contributed by atoms with Gasteiger partial charge in [0.05, 0.1) is 35.5 Å². The fourth-order valence-corrected chi connectivity index (χ4v) is 3.47. The summed E-state index contributed by atoms with van der Waals surface area (Å²) in [5.74, 6) is -0.452. The Labute approximate surface area is 155 Å². The molecule has 142 valence electrons. The quantitative estimate of drug-likeness (QED) is 0.661. The zero-order valence-corrected chi connectivity index (χ0v) is 15.4. The molecule has 1 heterocycles. The van der Waals surface area contributed by atoms with Crippen molar-refractivity contribution in [3.05, 3.63) is 70.5 Å². The fraction of sp³-hybridized carbons (Fsp3) is 0.222. The van der Waals surface area contributed by atoms with Crippen molar-refractivity contribution in [2.24, 2.45) is 0 Å². The topological polar surface area (TPSA) is 90.3 Å². The fourth-order valence-electron chi connectivity index (χ4n) is 2.59. The number of nitrogens with zero attached hydrogens (tertiary/aromatic N) is 2. The normalized spacial score (nSPS) is 11.8. The highest BCUT2D eigenvalue weighted by molar-refractivity contribution is 7.89. The number of sulfonamides is 1. The number of para-hydroxylation sites is 1. The zero-order chi connectivity index (χ0) is 19.4. The maximum atomic E-state index is 13.3. The minimum atomic E-state index is -3.60. The second-order valence-electron chi connectivity index (χ2n) is 5.79. The van der Waals surface area contributed by atoms with E-state index in [0.29, 0.717) is 16.6 Å². The van der Waals surface area contributed by atoms with Crippen molar-refractivity contribution in [2.75, 3.05) is 19.5 Å². The molecule has 1 aromatic heterocycles. The Morgan fingerprint density at radius 2 is 1.85 bits per heavy atom. The predicted octanol–water partition coefficient (Wildman–Crippen LogP) is 1.59. The van der Waals surface area contributed by atoms with Crippen molar-refractivity contribution < 1.29 is 17.5 Å². The molecule has 0 spiro atoms. The van der Waals surface area contributed by atoms with Crippen molar-refractivity contribution in [3.8, 4) is 5.69 Å². The summed E-state index contributed by atoms with van der Waals surface area (Å²) < 4.78 is 45.9. The molecular formula is C18H18FN3O4S. The third kappa shape index (κ3) is 4.38. The van der Waals surface area contributed by atoms with Crippen LogP contribution in [0.1, 0.15) is 5.82 Å². The highest BCUT2D eigenvalue weighted by Crippen LogP contribution is 2.14. The molecule has 0 aliphatic rings. The molecule has 0 bridgehead atoms. The van der Waals surface area contributed by atoms with Gasteiger partial charge in [-0.1, -0.05) is 12.1 Å². The standard InChI is InChI=1S/C18H18FN3O4S/c1-26-10-11-27(24,25)20-12-17-21-16-5-3-2-4-15(16)18(23)22(17)14-8-6-13(19)7-9-14/h2-9,20H,10-12H2,1H3. The first-order chi connectivity index (χ1) is 12.9. The van der Waals surface area contributed by atoms with Gasteiger partial charge < -0.3 is 4.74 Å². The SMILES string of the molecule is COCCS(=O)(=O)NCc1nc2ccccc2c(=O)n1-c1ccc(F)cc1. The molecular weight excluding hydrogens is 373 g/mol. The van der Waals surface area contributed by atoms with Crippen molar-refractivity contribution >= 4 is 20.9 Å². The van der Waals surface area contributed by atoms with Crippen LogP contribution in [-0.4, -0.2) is 37.4 Å². The van der Waals surface area contributed by atoms with Crippen LogP contribution >= 0.6 is 0 Å². The molecule has 0 saturated carbocycles. The van der Waals surface area contributed by atoms with E-state index in [0.717, 1.165) is 0 Å². The summed E-state index contributed by atoms with van der Waals surface area (Å²) in [4.78, 5) is 17.4. The van der Waals surface area contributed by atoms with Gasteiger partial charge in [-0.2, -0.15) is 0 Å². The molecule has 0 saturated heterocycles. The summed E-state index contributed by atoms with van der Waals surface area (Å²) in [5, 5.41) is 0.382. The van der Waals surface area contributed by atoms with Gasteiger partial charge in [-0.15, -0.1) is 0 Å². The van der Waals surface area contributed by atoms with Crippen molar-refractivity contribution in [2.45, 2.75) is 6.54 Å². The van der Waals surface area contributed by atoms with E-state index in [1.54, 1.807) is 24.3 Å². The number of halogens is 1. The van der Waals surface area contributed by atoms with E-state index >= 15 is 0 Å². The van der Waals surface area contributed by atoms with Crippen molar-refractivity contribution in [1.29, 1.82) is 0 Å². The molecule has 0 unspecified atom stereocenters. The molecule has 0 fully saturated rings. The maximum Gasteiger partial charge on any atom is 0.266 e. The smallest absolute Gasteiger partial charge is 0.266 e. The van der Waals surface area contributed by atoms with Crippen LogP contribution in [0.3, 0.4) is 0 Å². The minimum absolute atomic E-state index is 0.0469. The highest BCUT2D eigenvalue weighted by atomic mass is 32.2. The number of fused-ring (bicyclic) bond motifs is 1. The summed E-state index contributed by atoms with van der Waals surface area (Å²) in [5.41, 5.74) is 0.482. The molecule has 3 rings (SSSR count).